The molecule has 1 atom stereocenters. The van der Waals surface area contributed by atoms with Crippen molar-refractivity contribution >= 4 is 11.8 Å². The number of ether oxygens (including phenoxy) is 2. The first-order chi connectivity index (χ1) is 9.67. The van der Waals surface area contributed by atoms with Crippen molar-refractivity contribution in [3.63, 3.8) is 0 Å². The smallest absolute Gasteiger partial charge is 0.209 e. The fourth-order valence-corrected chi connectivity index (χ4v) is 2.51. The summed E-state index contributed by atoms with van der Waals surface area (Å²) >= 11 is 0. The third-order valence-electron chi connectivity index (χ3n) is 3.48. The van der Waals surface area contributed by atoms with Crippen LogP contribution in [-0.4, -0.2) is 30.5 Å². The van der Waals surface area contributed by atoms with Gasteiger partial charge in [0.25, 0.3) is 0 Å². The average molecular weight is 273 g/mol. The Morgan fingerprint density at radius 2 is 1.80 bits per heavy atom. The number of hydrogen-bond donors (Lipinski definition) is 3. The Morgan fingerprint density at radius 3 is 2.50 bits per heavy atom. The first-order valence-electron chi connectivity index (χ1n) is 6.20. The van der Waals surface area contributed by atoms with Gasteiger partial charge < -0.3 is 25.0 Å². The van der Waals surface area contributed by atoms with Crippen LogP contribution in [0.1, 0.15) is 5.56 Å². The van der Waals surface area contributed by atoms with Gasteiger partial charge in [0.1, 0.15) is 0 Å². The van der Waals surface area contributed by atoms with Crippen LogP contribution in [0, 0.1) is 0 Å². The van der Waals surface area contributed by atoms with E-state index in [0.717, 1.165) is 5.57 Å². The lowest BCUT2D eigenvalue weighted by molar-refractivity contribution is 0.321. The molecule has 0 aromatic heterocycles. The van der Waals surface area contributed by atoms with Crippen LogP contribution in [0.25, 0.3) is 6.08 Å². The molecule has 0 radical (unpaired) electrons. The highest BCUT2D eigenvalue weighted by Gasteiger charge is 2.29. The topological polar surface area (TPSA) is 71.0 Å². The summed E-state index contributed by atoms with van der Waals surface area (Å²) in [5, 5.41) is 23.4. The van der Waals surface area contributed by atoms with Gasteiger partial charge in [-0.3, -0.25) is 0 Å². The van der Waals surface area contributed by atoms with E-state index in [2.05, 4.69) is 5.32 Å². The lowest BCUT2D eigenvalue weighted by Crippen LogP contribution is -2.24. The number of anilines is 1. The van der Waals surface area contributed by atoms with Crippen LogP contribution < -0.4 is 14.8 Å². The molecule has 0 saturated heterocycles. The molecular formula is C15H15NO4. The summed E-state index contributed by atoms with van der Waals surface area (Å²) in [4.78, 5) is 0. The van der Waals surface area contributed by atoms with E-state index < -0.39 is 0 Å². The van der Waals surface area contributed by atoms with Crippen LogP contribution in [0.4, 0.5) is 5.69 Å². The van der Waals surface area contributed by atoms with Gasteiger partial charge >= 0.3 is 0 Å². The summed E-state index contributed by atoms with van der Waals surface area (Å²) in [7, 11) is 2.91. The number of nitrogens with one attached hydrogen (secondary N) is 1. The second kappa shape index (κ2) is 4.52. The van der Waals surface area contributed by atoms with E-state index >= 15 is 0 Å². The van der Waals surface area contributed by atoms with Crippen molar-refractivity contribution < 1.29 is 19.7 Å². The van der Waals surface area contributed by atoms with E-state index in [1.807, 2.05) is 30.4 Å². The molecule has 0 bridgehead atoms. The number of phenolic OH excluding ortho intramolecular Hbond substituents is 2. The van der Waals surface area contributed by atoms with Crippen molar-refractivity contribution in [3.05, 3.63) is 35.4 Å². The highest BCUT2D eigenvalue weighted by atomic mass is 16.5. The second-order valence-corrected chi connectivity index (χ2v) is 4.56. The third-order valence-corrected chi connectivity index (χ3v) is 3.48. The summed E-state index contributed by atoms with van der Waals surface area (Å²) in [5.41, 5.74) is 2.10. The van der Waals surface area contributed by atoms with Crippen LogP contribution in [0.5, 0.6) is 23.0 Å². The summed E-state index contributed by atoms with van der Waals surface area (Å²) < 4.78 is 10.4. The van der Waals surface area contributed by atoms with Crippen LogP contribution in [0.3, 0.4) is 0 Å². The summed E-state index contributed by atoms with van der Waals surface area (Å²) in [6.45, 7) is 0. The molecule has 3 rings (SSSR count). The van der Waals surface area contributed by atoms with Gasteiger partial charge in [-0.25, -0.2) is 0 Å². The maximum atomic E-state index is 10.2. The molecule has 20 heavy (non-hydrogen) atoms. The van der Waals surface area contributed by atoms with Crippen molar-refractivity contribution in [3.8, 4) is 23.0 Å². The number of phenols is 2. The molecular weight excluding hydrogens is 258 g/mol. The fraction of sp³-hybridized carbons (Fsp3) is 0.200. The van der Waals surface area contributed by atoms with E-state index in [9.17, 15) is 10.2 Å². The van der Waals surface area contributed by atoms with Crippen molar-refractivity contribution in [2.75, 3.05) is 19.5 Å². The standard InChI is InChI=1S/C15H15NO4/c1-19-14-11-9(12(17)13(18)15(14)20-2)7-8-5-3-4-6-10(8)16-11/h3-7,10,16-18H,1-2H3. The Morgan fingerprint density at radius 1 is 1.05 bits per heavy atom. The molecule has 5 heteroatoms. The van der Waals surface area contributed by atoms with Crippen LogP contribution in [0.2, 0.25) is 0 Å². The van der Waals surface area contributed by atoms with Gasteiger partial charge in [0.2, 0.25) is 11.5 Å². The van der Waals surface area contributed by atoms with Gasteiger partial charge in [-0.15, -0.1) is 0 Å². The predicted molar refractivity (Wildman–Crippen MR) is 76.5 cm³/mol. The monoisotopic (exact) mass is 273 g/mol. The maximum Gasteiger partial charge on any atom is 0.209 e. The Labute approximate surface area is 116 Å². The van der Waals surface area contributed by atoms with Gasteiger partial charge in [0, 0.05) is 5.56 Å². The molecule has 1 aromatic carbocycles. The van der Waals surface area contributed by atoms with Gasteiger partial charge in [0.15, 0.2) is 11.5 Å². The van der Waals surface area contributed by atoms with Crippen molar-refractivity contribution in [2.24, 2.45) is 0 Å². The minimum absolute atomic E-state index is 0.00930. The molecule has 1 unspecified atom stereocenters. The summed E-state index contributed by atoms with van der Waals surface area (Å²) in [5.74, 6) is -0.0610. The number of aromatic hydroxyl groups is 2. The minimum atomic E-state index is -0.324. The van der Waals surface area contributed by atoms with E-state index in [0.29, 0.717) is 17.0 Å². The Kier molecular flexibility index (Phi) is 2.82. The number of methoxy groups -OCH3 is 2. The molecule has 0 saturated carbocycles. The number of hydrogen-bond acceptors (Lipinski definition) is 5. The first-order valence-corrected chi connectivity index (χ1v) is 6.20. The second-order valence-electron chi connectivity index (χ2n) is 4.56. The van der Waals surface area contributed by atoms with Crippen LogP contribution >= 0.6 is 0 Å². The molecule has 5 nitrogen and oxygen atoms in total. The van der Waals surface area contributed by atoms with Gasteiger partial charge in [-0.2, -0.15) is 0 Å². The van der Waals surface area contributed by atoms with E-state index in [1.165, 1.54) is 14.2 Å². The molecule has 1 aromatic rings. The summed E-state index contributed by atoms with van der Waals surface area (Å²) in [6, 6.07) is 0.00930. The Bertz CT molecular complexity index is 659. The highest BCUT2D eigenvalue weighted by molar-refractivity contribution is 5.89. The largest absolute Gasteiger partial charge is 0.504 e. The molecule has 0 fully saturated rings. The first kappa shape index (κ1) is 12.5. The maximum absolute atomic E-state index is 10.2. The molecule has 1 aliphatic heterocycles. The number of benzene rings is 1. The molecule has 1 aliphatic carbocycles. The Hall–Kier alpha value is -2.56. The number of allylic oxidation sites excluding steroid dienone is 2. The average Bonchev–Trinajstić information content (AvgIpc) is 2.49. The Balaban J connectivity index is 2.27. The van der Waals surface area contributed by atoms with Crippen LogP contribution in [0.15, 0.2) is 29.9 Å². The zero-order valence-electron chi connectivity index (χ0n) is 11.2. The van der Waals surface area contributed by atoms with Crippen LogP contribution in [-0.2, 0) is 0 Å². The van der Waals surface area contributed by atoms with E-state index in [-0.39, 0.29) is 23.3 Å². The quantitative estimate of drug-likeness (QED) is 0.570. The highest BCUT2D eigenvalue weighted by Crippen LogP contribution is 2.53. The SMILES string of the molecule is COc1c(O)c(O)c2c(c1OC)NC1C=CC=CC1=C2. The molecule has 0 spiro atoms. The molecule has 0 amide bonds. The van der Waals surface area contributed by atoms with Crippen molar-refractivity contribution in [1.29, 1.82) is 0 Å². The minimum Gasteiger partial charge on any atom is -0.504 e. The molecule has 3 N–H and O–H groups in total. The zero-order valence-corrected chi connectivity index (χ0v) is 11.2. The fourth-order valence-electron chi connectivity index (χ4n) is 2.51. The molecule has 1 heterocycles. The normalized spacial score (nSPS) is 18.7. The lowest BCUT2D eigenvalue weighted by atomic mass is 9.93. The zero-order chi connectivity index (χ0) is 14.3. The summed E-state index contributed by atoms with van der Waals surface area (Å²) in [6.07, 6.45) is 9.66. The van der Waals surface area contributed by atoms with Gasteiger partial charge in [0.05, 0.1) is 25.9 Å². The van der Waals surface area contributed by atoms with E-state index in [1.54, 1.807) is 0 Å². The third kappa shape index (κ3) is 1.63. The number of rotatable bonds is 2. The van der Waals surface area contributed by atoms with Gasteiger partial charge in [-0.1, -0.05) is 24.3 Å². The molecule has 104 valence electrons. The van der Waals surface area contributed by atoms with Gasteiger partial charge in [-0.05, 0) is 11.6 Å². The number of fused-ring (bicyclic) bond motifs is 2. The predicted octanol–water partition coefficient (Wildman–Crippen LogP) is 2.42. The molecule has 2 aliphatic rings. The van der Waals surface area contributed by atoms with Crippen molar-refractivity contribution in [2.45, 2.75) is 6.04 Å². The van der Waals surface area contributed by atoms with Crippen molar-refractivity contribution in [1.82, 2.24) is 0 Å². The lowest BCUT2D eigenvalue weighted by Gasteiger charge is -2.29. The van der Waals surface area contributed by atoms with E-state index in [4.69, 9.17) is 9.47 Å².